The Hall–Kier alpha value is -10.5. The van der Waals surface area contributed by atoms with E-state index in [2.05, 4.69) is 0 Å². The summed E-state index contributed by atoms with van der Waals surface area (Å²) in [5.74, 6) is -3.78. The van der Waals surface area contributed by atoms with Crippen LogP contribution in [0.4, 0.5) is 140 Å². The van der Waals surface area contributed by atoms with E-state index in [0.29, 0.717) is 97.1 Å². The van der Waals surface area contributed by atoms with Gasteiger partial charge < -0.3 is 16.7 Å². The maximum atomic E-state index is 14.7. The lowest BCUT2D eigenvalue weighted by molar-refractivity contribution is -0.158. The fourth-order valence-corrected chi connectivity index (χ4v) is 24.9. The monoisotopic (exact) mass is 2060 g/mol. The highest BCUT2D eigenvalue weighted by molar-refractivity contribution is 8.33. The Balaban J connectivity index is 0.000000293. The van der Waals surface area contributed by atoms with Crippen LogP contribution in [0, 0.1) is 0 Å². The molecular weight excluding hydrogens is 2020 g/mol. The minimum atomic E-state index is -6.51. The van der Waals surface area contributed by atoms with E-state index in [0.717, 1.165) is 48.5 Å². The molecule has 18 nitrogen and oxygen atoms in total. The average Bonchev–Trinajstić information content (AvgIpc) is 0.735. The maximum Gasteiger partial charge on any atom is 0.436 e. The Bertz CT molecular complexity index is 5730. The third-order valence-electron chi connectivity index (χ3n) is 16.4. The molecule has 0 heterocycles. The van der Waals surface area contributed by atoms with Crippen LogP contribution in [0.1, 0.15) is 44.5 Å². The highest BCUT2D eigenvalue weighted by Gasteiger charge is 2.56. The van der Waals surface area contributed by atoms with Crippen molar-refractivity contribution < 1.29 is 215 Å². The third kappa shape index (κ3) is 24.0. The van der Waals surface area contributed by atoms with Gasteiger partial charge in [0.25, 0.3) is 0 Å². The van der Waals surface area contributed by atoms with E-state index in [1.54, 1.807) is 0 Å². The standard InChI is InChI=1S/2C36H20F16O9S4/c2*37-31(36(50,51)52)65(57,58)61-62(26-4-2-1-3-5-26,27-10-6-24(7-11-27)59-63(53,54)29-16-20(32(38,39)40)14-21(17-29)33(41,42)43)28-12-8-25(9-13-28)60-64(55,56)30-18-22(34(44,45)46)15-23(19-30)35(47,48)49/h2*1-19,31H. The van der Waals surface area contributed by atoms with E-state index in [1.165, 1.54) is 12.1 Å². The topological polar surface area (TPSA) is 260 Å². The molecule has 0 saturated carbocycles. The molecule has 0 bridgehead atoms. The second-order valence-corrected chi connectivity index (χ2v) is 40.7. The molecule has 0 spiro atoms. The van der Waals surface area contributed by atoms with Crippen molar-refractivity contribution in [1.29, 1.82) is 0 Å². The zero-order valence-electron chi connectivity index (χ0n) is 61.8. The molecule has 10 aromatic rings. The number of hydrogen-bond acceptors (Lipinski definition) is 18. The van der Waals surface area contributed by atoms with Crippen molar-refractivity contribution in [3.8, 4) is 23.0 Å². The van der Waals surface area contributed by atoms with Gasteiger partial charge in [0.05, 0.1) is 44.5 Å². The predicted molar refractivity (Wildman–Crippen MR) is 382 cm³/mol. The van der Waals surface area contributed by atoms with Gasteiger partial charge in [-0.1, -0.05) is 36.4 Å². The zero-order valence-corrected chi connectivity index (χ0v) is 68.3. The summed E-state index contributed by atoms with van der Waals surface area (Å²) in [6.07, 6.45) is -56.4. The van der Waals surface area contributed by atoms with E-state index < -0.39 is 295 Å². The SMILES string of the molecule is O=S(=O)(Oc1ccc(S(OS(=O)(=O)C(F)C(F)(F)F)(c2ccccc2)c2ccc(OS(=O)(=O)c3cc(C(F)(F)F)cc(C(F)(F)F)c3)cc2)cc1)c1cc(C(F)(F)F)cc(C(F)(F)F)c1.O=S(=O)(Oc1ccc(S(OS(=O)(=O)C(F)C(F)(F)F)(c2ccccc2)c2ccc(OS(=O)(=O)c3cc(C(F)(F)F)cc(C(F)(F)F)c3)cc2)cc1)c1cc(C(F)(F)F)cc(C(F)(F)F)c1. The molecule has 130 heavy (non-hydrogen) atoms. The van der Waals surface area contributed by atoms with Gasteiger partial charge in [-0.2, -0.15) is 182 Å². The number of hydrogen-bond donors (Lipinski definition) is 0. The summed E-state index contributed by atoms with van der Waals surface area (Å²) in [5, 5.41) is 0. The normalized spacial score (nSPS) is 14.5. The summed E-state index contributed by atoms with van der Waals surface area (Å²) < 4.78 is 619. The summed E-state index contributed by atoms with van der Waals surface area (Å²) in [7, 11) is -44.4. The van der Waals surface area contributed by atoms with Crippen LogP contribution in [-0.2, 0) is 117 Å². The molecular formula is C72H40F32O18S8. The van der Waals surface area contributed by atoms with E-state index >= 15 is 0 Å². The summed E-state index contributed by atoms with van der Waals surface area (Å²) in [4.78, 5) is -10.1. The quantitative estimate of drug-likeness (QED) is 0.0402. The van der Waals surface area contributed by atoms with Crippen LogP contribution in [-0.4, -0.2) is 73.9 Å². The van der Waals surface area contributed by atoms with Gasteiger partial charge >= 0.3 is 133 Å². The summed E-state index contributed by atoms with van der Waals surface area (Å²) in [6, 6.07) is 17.8. The molecule has 0 radical (unpaired) electrons. The van der Waals surface area contributed by atoms with Crippen LogP contribution in [0.25, 0.3) is 0 Å². The molecule has 0 fully saturated rings. The first-order chi connectivity index (χ1) is 58.9. The minimum absolute atomic E-state index is 0.200. The van der Waals surface area contributed by atoms with Gasteiger partial charge in [0, 0.05) is 29.4 Å². The summed E-state index contributed by atoms with van der Waals surface area (Å²) in [6.45, 7) is 0. The molecule has 2 unspecified atom stereocenters. The summed E-state index contributed by atoms with van der Waals surface area (Å²) >= 11 is 0. The average molecular weight is 2060 g/mol. The molecule has 2 atom stereocenters. The fourth-order valence-electron chi connectivity index (χ4n) is 10.7. The molecule has 0 N–H and O–H groups in total. The van der Waals surface area contributed by atoms with Crippen LogP contribution >= 0.6 is 20.6 Å². The van der Waals surface area contributed by atoms with Crippen molar-refractivity contribution in [2.75, 3.05) is 0 Å². The van der Waals surface area contributed by atoms with Gasteiger partial charge in [0.1, 0.15) is 42.6 Å². The molecule has 0 amide bonds. The van der Waals surface area contributed by atoms with Gasteiger partial charge in [-0.05, 0) is 215 Å². The Morgan fingerprint density at radius 2 is 0.338 bits per heavy atom. The van der Waals surface area contributed by atoms with Crippen LogP contribution < -0.4 is 16.7 Å². The molecule has 10 aromatic carbocycles. The van der Waals surface area contributed by atoms with E-state index in [1.807, 2.05) is 0 Å². The Morgan fingerprint density at radius 3 is 0.477 bits per heavy atom. The highest BCUT2D eigenvalue weighted by atomic mass is 32.3. The minimum Gasteiger partial charge on any atom is -0.379 e. The molecule has 58 heteroatoms. The van der Waals surface area contributed by atoms with E-state index in [9.17, 15) is 191 Å². The van der Waals surface area contributed by atoms with Crippen molar-refractivity contribution in [3.63, 3.8) is 0 Å². The number of alkyl halides is 32. The second-order valence-electron chi connectivity index (χ2n) is 25.6. The largest absolute Gasteiger partial charge is 0.436 e. The first kappa shape index (κ1) is 103. The molecule has 10 rings (SSSR count). The molecule has 0 aliphatic heterocycles. The van der Waals surface area contributed by atoms with Gasteiger partial charge in [-0.15, -0.1) is 0 Å². The van der Waals surface area contributed by atoms with Crippen LogP contribution in [0.3, 0.4) is 0 Å². The summed E-state index contributed by atoms with van der Waals surface area (Å²) in [5.41, 5.74) is -26.1. The van der Waals surface area contributed by atoms with E-state index in [4.69, 9.17) is 24.0 Å². The molecule has 0 aliphatic carbocycles. The molecule has 0 saturated heterocycles. The van der Waals surface area contributed by atoms with Crippen molar-refractivity contribution in [1.82, 2.24) is 0 Å². The lowest BCUT2D eigenvalue weighted by atomic mass is 10.1. The van der Waals surface area contributed by atoms with Gasteiger partial charge in [0.2, 0.25) is 0 Å². The first-order valence-electron chi connectivity index (χ1n) is 33.4. The van der Waals surface area contributed by atoms with Crippen molar-refractivity contribution in [3.05, 3.63) is 275 Å². The molecule has 708 valence electrons. The van der Waals surface area contributed by atoms with Crippen molar-refractivity contribution in [2.45, 2.75) is 122 Å². The first-order valence-corrected chi connectivity index (χ1v) is 45.1. The fraction of sp³-hybridized carbons (Fsp3) is 0.167. The predicted octanol–water partition coefficient (Wildman–Crippen LogP) is 23.4. The molecule has 0 aromatic heterocycles. The van der Waals surface area contributed by atoms with Crippen LogP contribution in [0.5, 0.6) is 23.0 Å². The Labute approximate surface area is 712 Å². The maximum absolute atomic E-state index is 14.7. The van der Waals surface area contributed by atoms with Gasteiger partial charge in [0.15, 0.2) is 0 Å². The van der Waals surface area contributed by atoms with Gasteiger partial charge in [-0.25, -0.2) is 16.0 Å². The number of benzene rings is 10. The van der Waals surface area contributed by atoms with Crippen LogP contribution in [0.15, 0.2) is 279 Å². The van der Waals surface area contributed by atoms with Crippen LogP contribution in [0.2, 0.25) is 0 Å². The van der Waals surface area contributed by atoms with E-state index in [-0.39, 0.29) is 48.5 Å². The van der Waals surface area contributed by atoms with Gasteiger partial charge in [-0.3, -0.25) is 0 Å². The Morgan fingerprint density at radius 1 is 0.192 bits per heavy atom. The van der Waals surface area contributed by atoms with Crippen molar-refractivity contribution >= 4 is 81.3 Å². The number of halogens is 32. The lowest BCUT2D eigenvalue weighted by Gasteiger charge is -2.39. The highest BCUT2D eigenvalue weighted by Crippen LogP contribution is 2.72. The Kier molecular flexibility index (Phi) is 28.5. The third-order valence-corrected chi connectivity index (χ3v) is 31.6. The smallest absolute Gasteiger partial charge is 0.379 e. The molecule has 0 aliphatic rings. The second kappa shape index (κ2) is 35.9. The lowest BCUT2D eigenvalue weighted by Crippen LogP contribution is -2.34. The van der Waals surface area contributed by atoms with Crippen molar-refractivity contribution in [2.24, 2.45) is 0 Å². The number of rotatable bonds is 24. The zero-order chi connectivity index (χ0) is 98.0.